The van der Waals surface area contributed by atoms with E-state index < -0.39 is 5.97 Å². The molecule has 0 atom stereocenters. The van der Waals surface area contributed by atoms with Crippen LogP contribution in [0.1, 0.15) is 17.3 Å². The number of benzene rings is 2. The number of nitrogens with two attached hydrogens (primary N) is 1. The van der Waals surface area contributed by atoms with E-state index in [4.69, 9.17) is 24.9 Å². The number of nitrogens with zero attached hydrogens (tertiary/aromatic N) is 3. The zero-order valence-electron chi connectivity index (χ0n) is 16.3. The third kappa shape index (κ3) is 2.98. The summed E-state index contributed by atoms with van der Waals surface area (Å²) in [5.74, 6) is 0.758. The number of carbonyl (C=O) groups is 1. The molecule has 0 spiro atoms. The summed E-state index contributed by atoms with van der Waals surface area (Å²) in [5.41, 5.74) is 9.31. The summed E-state index contributed by atoms with van der Waals surface area (Å²) in [7, 11) is 3.13. The van der Waals surface area contributed by atoms with Crippen LogP contribution >= 0.6 is 0 Å². The molecule has 0 amide bonds. The Bertz CT molecular complexity index is 1230. The Morgan fingerprint density at radius 2 is 1.79 bits per heavy atom. The Balaban J connectivity index is 2.13. The zero-order valence-corrected chi connectivity index (χ0v) is 16.3. The van der Waals surface area contributed by atoms with Crippen LogP contribution in [0.4, 0.5) is 5.82 Å². The Kier molecular flexibility index (Phi) is 4.67. The molecule has 0 fully saturated rings. The van der Waals surface area contributed by atoms with Crippen molar-refractivity contribution < 1.29 is 19.0 Å². The Hall–Kier alpha value is -3.81. The van der Waals surface area contributed by atoms with Crippen molar-refractivity contribution in [3.8, 4) is 17.2 Å². The van der Waals surface area contributed by atoms with Crippen molar-refractivity contribution in [2.24, 2.45) is 0 Å². The van der Waals surface area contributed by atoms with Crippen LogP contribution in [0.25, 0.3) is 27.9 Å². The van der Waals surface area contributed by atoms with E-state index in [0.717, 1.165) is 0 Å². The number of methoxy groups -OCH3 is 2. The van der Waals surface area contributed by atoms with Crippen LogP contribution in [0, 0.1) is 0 Å². The monoisotopic (exact) mass is 392 g/mol. The van der Waals surface area contributed by atoms with E-state index in [1.54, 1.807) is 43.9 Å². The summed E-state index contributed by atoms with van der Waals surface area (Å²) in [6.45, 7) is 1.95. The van der Waals surface area contributed by atoms with Crippen LogP contribution in [0.2, 0.25) is 0 Å². The van der Waals surface area contributed by atoms with Gasteiger partial charge >= 0.3 is 5.97 Å². The summed E-state index contributed by atoms with van der Waals surface area (Å²) in [4.78, 5) is 22.1. The van der Waals surface area contributed by atoms with Crippen molar-refractivity contribution in [2.45, 2.75) is 6.92 Å². The number of aromatic nitrogens is 3. The van der Waals surface area contributed by atoms with Gasteiger partial charge in [-0.2, -0.15) is 0 Å². The van der Waals surface area contributed by atoms with Gasteiger partial charge in [-0.15, -0.1) is 0 Å². The highest BCUT2D eigenvalue weighted by molar-refractivity contribution is 6.09. The number of fused-ring (bicyclic) bond motifs is 2. The van der Waals surface area contributed by atoms with E-state index in [0.29, 0.717) is 39.4 Å². The van der Waals surface area contributed by atoms with Gasteiger partial charge in [-0.3, -0.25) is 4.57 Å². The molecular weight excluding hydrogens is 372 g/mol. The average molecular weight is 392 g/mol. The molecule has 2 aromatic carbocycles. The first kappa shape index (κ1) is 18.5. The van der Waals surface area contributed by atoms with E-state index >= 15 is 0 Å². The summed E-state index contributed by atoms with van der Waals surface area (Å²) in [6, 6.07) is 12.7. The van der Waals surface area contributed by atoms with Gasteiger partial charge in [-0.1, -0.05) is 12.1 Å². The summed E-state index contributed by atoms with van der Waals surface area (Å²) >= 11 is 0. The van der Waals surface area contributed by atoms with Gasteiger partial charge in [0.15, 0.2) is 5.65 Å². The van der Waals surface area contributed by atoms with Gasteiger partial charge in [0, 0.05) is 6.07 Å². The minimum Gasteiger partial charge on any atom is -0.497 e. The van der Waals surface area contributed by atoms with E-state index in [-0.39, 0.29) is 18.0 Å². The van der Waals surface area contributed by atoms with E-state index in [9.17, 15) is 4.79 Å². The first-order valence-corrected chi connectivity index (χ1v) is 9.05. The van der Waals surface area contributed by atoms with E-state index in [1.165, 1.54) is 0 Å². The predicted molar refractivity (Wildman–Crippen MR) is 110 cm³/mol. The quantitative estimate of drug-likeness (QED) is 0.520. The summed E-state index contributed by atoms with van der Waals surface area (Å²) in [5, 5.41) is 0. The number of anilines is 1. The summed E-state index contributed by atoms with van der Waals surface area (Å²) < 4.78 is 17.7. The number of para-hydroxylation sites is 2. The van der Waals surface area contributed by atoms with Gasteiger partial charge < -0.3 is 19.9 Å². The topological polar surface area (TPSA) is 101 Å². The molecular formula is C21H20N4O4. The Morgan fingerprint density at radius 3 is 2.45 bits per heavy atom. The number of esters is 1. The highest BCUT2D eigenvalue weighted by atomic mass is 16.5. The minimum atomic E-state index is -0.555. The van der Waals surface area contributed by atoms with Gasteiger partial charge in [0.1, 0.15) is 28.4 Å². The maximum Gasteiger partial charge on any atom is 0.344 e. The molecule has 0 unspecified atom stereocenters. The maximum atomic E-state index is 12.7. The van der Waals surface area contributed by atoms with Crippen molar-refractivity contribution >= 4 is 34.0 Å². The number of hydrogen-bond donors (Lipinski definition) is 1. The lowest BCUT2D eigenvalue weighted by molar-refractivity contribution is 0.0529. The number of ether oxygens (including phenoxy) is 3. The SMILES string of the molecule is CCOC(=O)c1c(N)n(-c2cc(OC)ccc2OC)c2nc3ccccc3nc12. The van der Waals surface area contributed by atoms with Gasteiger partial charge in [-0.25, -0.2) is 14.8 Å². The van der Waals surface area contributed by atoms with Crippen LogP contribution in [0.3, 0.4) is 0 Å². The molecule has 2 N–H and O–H groups in total. The lowest BCUT2D eigenvalue weighted by Gasteiger charge is -2.14. The van der Waals surface area contributed by atoms with Crippen LogP contribution < -0.4 is 15.2 Å². The Labute approximate surface area is 166 Å². The smallest absolute Gasteiger partial charge is 0.344 e. The van der Waals surface area contributed by atoms with Gasteiger partial charge in [0.25, 0.3) is 0 Å². The lowest BCUT2D eigenvalue weighted by atomic mass is 10.2. The summed E-state index contributed by atoms with van der Waals surface area (Å²) in [6.07, 6.45) is 0. The van der Waals surface area contributed by atoms with E-state index in [1.807, 2.05) is 24.3 Å². The number of carbonyl (C=O) groups excluding carboxylic acids is 1. The first-order chi connectivity index (χ1) is 14.1. The van der Waals surface area contributed by atoms with Gasteiger partial charge in [-0.05, 0) is 31.2 Å². The zero-order chi connectivity index (χ0) is 20.5. The van der Waals surface area contributed by atoms with Crippen molar-refractivity contribution in [3.05, 3.63) is 48.0 Å². The molecule has 0 saturated carbocycles. The van der Waals surface area contributed by atoms with Crippen molar-refractivity contribution in [3.63, 3.8) is 0 Å². The van der Waals surface area contributed by atoms with Crippen LogP contribution in [0.5, 0.6) is 11.5 Å². The van der Waals surface area contributed by atoms with Crippen molar-refractivity contribution in [2.75, 3.05) is 26.6 Å². The third-order valence-electron chi connectivity index (χ3n) is 4.60. The fraction of sp³-hybridized carbons (Fsp3) is 0.190. The minimum absolute atomic E-state index is 0.167. The second kappa shape index (κ2) is 7.31. The number of hydrogen-bond acceptors (Lipinski definition) is 7. The molecule has 0 radical (unpaired) electrons. The molecule has 148 valence electrons. The lowest BCUT2D eigenvalue weighted by Crippen LogP contribution is -2.09. The molecule has 8 heteroatoms. The third-order valence-corrected chi connectivity index (χ3v) is 4.60. The second-order valence-electron chi connectivity index (χ2n) is 6.24. The van der Waals surface area contributed by atoms with Crippen LogP contribution in [0.15, 0.2) is 42.5 Å². The molecule has 8 nitrogen and oxygen atoms in total. The largest absolute Gasteiger partial charge is 0.497 e. The first-order valence-electron chi connectivity index (χ1n) is 9.05. The highest BCUT2D eigenvalue weighted by Gasteiger charge is 2.27. The van der Waals surface area contributed by atoms with Crippen LogP contribution in [-0.2, 0) is 4.74 Å². The van der Waals surface area contributed by atoms with Crippen LogP contribution in [-0.4, -0.2) is 41.3 Å². The number of nitrogen functional groups attached to an aromatic ring is 1. The normalized spacial score (nSPS) is 11.0. The molecule has 2 aromatic heterocycles. The predicted octanol–water partition coefficient (Wildman–Crippen LogP) is 3.35. The van der Waals surface area contributed by atoms with Crippen molar-refractivity contribution in [1.29, 1.82) is 0 Å². The molecule has 29 heavy (non-hydrogen) atoms. The fourth-order valence-corrected chi connectivity index (χ4v) is 3.28. The molecule has 0 saturated heterocycles. The van der Waals surface area contributed by atoms with Gasteiger partial charge in [0.05, 0.1) is 37.5 Å². The molecule has 0 aliphatic rings. The number of rotatable bonds is 5. The molecule has 0 aliphatic heterocycles. The molecule has 0 aliphatic carbocycles. The molecule has 4 aromatic rings. The molecule has 4 rings (SSSR count). The molecule has 0 bridgehead atoms. The second-order valence-corrected chi connectivity index (χ2v) is 6.24. The van der Waals surface area contributed by atoms with E-state index in [2.05, 4.69) is 4.98 Å². The highest BCUT2D eigenvalue weighted by Crippen LogP contribution is 2.36. The Morgan fingerprint density at radius 1 is 1.07 bits per heavy atom. The van der Waals surface area contributed by atoms with Gasteiger partial charge in [0.2, 0.25) is 0 Å². The maximum absolute atomic E-state index is 12.7. The average Bonchev–Trinajstić information content (AvgIpc) is 3.02. The standard InChI is InChI=1S/C21H20N4O4/c1-4-29-21(26)17-18-20(24-14-8-6-5-7-13(14)23-18)25(19(17)22)15-11-12(27-2)9-10-16(15)28-3/h5-11H,4,22H2,1-3H3. The fourth-order valence-electron chi connectivity index (χ4n) is 3.28. The molecule has 2 heterocycles. The van der Waals surface area contributed by atoms with Crippen molar-refractivity contribution in [1.82, 2.24) is 14.5 Å².